The van der Waals surface area contributed by atoms with Crippen LogP contribution in [0.5, 0.6) is 0 Å². The number of amides is 1. The van der Waals surface area contributed by atoms with Crippen LogP contribution < -0.4 is 5.32 Å². The number of ketones is 1. The molecule has 0 saturated heterocycles. The number of carbonyl (C=O) groups is 2. The maximum Gasteiger partial charge on any atom is 0.255 e. The number of Topliss-reactive ketones (excluding diaryl/α,β-unsaturated/α-hetero) is 1. The van der Waals surface area contributed by atoms with Crippen LogP contribution in [0.25, 0.3) is 11.6 Å². The van der Waals surface area contributed by atoms with Crippen molar-refractivity contribution in [1.29, 1.82) is 0 Å². The Morgan fingerprint density at radius 3 is 2.29 bits per heavy atom. The molecule has 1 N–H and O–H groups in total. The lowest BCUT2D eigenvalue weighted by Gasteiger charge is -2.14. The summed E-state index contributed by atoms with van der Waals surface area (Å²) in [6.07, 6.45) is 10.7. The fourth-order valence-electron chi connectivity index (χ4n) is 5.14. The van der Waals surface area contributed by atoms with E-state index in [0.717, 1.165) is 38.3 Å². The van der Waals surface area contributed by atoms with Gasteiger partial charge in [0.2, 0.25) is 0 Å². The fourth-order valence-corrected chi connectivity index (χ4v) is 5.66. The highest BCUT2D eigenvalue weighted by Gasteiger charge is 2.15. The summed E-state index contributed by atoms with van der Waals surface area (Å²) in [5.74, 6) is -0.841. The van der Waals surface area contributed by atoms with Gasteiger partial charge in [0.05, 0.1) is 6.33 Å². The highest BCUT2D eigenvalue weighted by molar-refractivity contribution is 7.98. The Morgan fingerprint density at radius 1 is 0.889 bits per heavy atom. The second-order valence-corrected chi connectivity index (χ2v) is 11.7. The van der Waals surface area contributed by atoms with Crippen LogP contribution in [0.2, 0.25) is 0 Å². The normalized spacial score (nSPS) is 11.4. The number of nitrogens with zero attached hydrogens (tertiary/aromatic N) is 2. The summed E-state index contributed by atoms with van der Waals surface area (Å²) >= 11 is 1.54. The van der Waals surface area contributed by atoms with E-state index in [0.29, 0.717) is 30.6 Å². The van der Waals surface area contributed by atoms with Gasteiger partial charge in [0.15, 0.2) is 0 Å². The average Bonchev–Trinajstić information content (AvgIpc) is 3.54. The molecule has 5 aromatic rings. The maximum atomic E-state index is 13.9. The number of aromatic nitrogens is 2. The van der Waals surface area contributed by atoms with Crippen LogP contribution in [0.4, 0.5) is 14.5 Å². The Morgan fingerprint density at radius 2 is 1.62 bits per heavy atom. The molecule has 228 valence electrons. The Balaban J connectivity index is 1.51. The van der Waals surface area contributed by atoms with E-state index < -0.39 is 0 Å². The van der Waals surface area contributed by atoms with Crippen LogP contribution in [0.15, 0.2) is 109 Å². The predicted octanol–water partition coefficient (Wildman–Crippen LogP) is 8.29. The Kier molecular flexibility index (Phi) is 10.4. The molecule has 4 aromatic carbocycles. The fraction of sp³-hybridized carbons (Fsp3) is 0.162. The largest absolute Gasteiger partial charge is 0.333 e. The number of rotatable bonds is 12. The van der Waals surface area contributed by atoms with Gasteiger partial charge in [0.1, 0.15) is 17.4 Å². The van der Waals surface area contributed by atoms with Crippen LogP contribution >= 0.6 is 11.8 Å². The first kappa shape index (κ1) is 31.6. The van der Waals surface area contributed by atoms with Crippen LogP contribution in [-0.2, 0) is 30.6 Å². The van der Waals surface area contributed by atoms with E-state index in [9.17, 15) is 18.4 Å². The van der Waals surface area contributed by atoms with Gasteiger partial charge in [-0.2, -0.15) is 0 Å². The number of aryl methyl sites for hydroxylation is 2. The molecule has 0 unspecified atom stereocenters. The predicted molar refractivity (Wildman–Crippen MR) is 177 cm³/mol. The second kappa shape index (κ2) is 14.8. The van der Waals surface area contributed by atoms with Crippen LogP contribution in [0, 0.1) is 11.6 Å². The molecule has 1 aromatic heterocycles. The number of anilines is 1. The number of hydrogen-bond donors (Lipinski definition) is 1. The van der Waals surface area contributed by atoms with E-state index in [1.165, 1.54) is 36.0 Å². The summed E-state index contributed by atoms with van der Waals surface area (Å²) in [5.41, 5.74) is 6.34. The van der Waals surface area contributed by atoms with Crippen LogP contribution in [0.1, 0.15) is 45.1 Å². The molecular weight excluding hydrogens is 588 g/mol. The van der Waals surface area contributed by atoms with Crippen molar-refractivity contribution in [2.45, 2.75) is 37.6 Å². The smallest absolute Gasteiger partial charge is 0.255 e. The van der Waals surface area contributed by atoms with Crippen molar-refractivity contribution in [2.24, 2.45) is 0 Å². The zero-order valence-corrected chi connectivity index (χ0v) is 25.9. The van der Waals surface area contributed by atoms with E-state index in [4.69, 9.17) is 0 Å². The molecule has 0 atom stereocenters. The standard InChI is InChI=1S/C37H33F2N3O2S/c1-25(43)17-28-19-34(22-35(20-28)45-2)41-37(44)36-21-27(4-8-30(36)7-3-26-5-11-32(38)12-6-26)18-31(23-42-16-15-40-24-42)29-9-13-33(39)14-10-29/h4-6,8-16,18-22,24H,3,7,17,23H2,1-2H3,(H,41,44). The molecule has 0 aliphatic rings. The van der Waals surface area contributed by atoms with E-state index in [-0.39, 0.29) is 29.7 Å². The first-order valence-electron chi connectivity index (χ1n) is 14.5. The zero-order valence-electron chi connectivity index (χ0n) is 25.1. The number of imidazole rings is 1. The van der Waals surface area contributed by atoms with Gasteiger partial charge in [-0.05, 0) is 114 Å². The Bertz CT molecular complexity index is 1820. The molecule has 8 heteroatoms. The molecule has 0 bridgehead atoms. The lowest BCUT2D eigenvalue weighted by Crippen LogP contribution is -2.15. The molecule has 1 heterocycles. The van der Waals surface area contributed by atoms with Crippen molar-refractivity contribution in [3.63, 3.8) is 0 Å². The molecule has 45 heavy (non-hydrogen) atoms. The molecule has 0 spiro atoms. The van der Waals surface area contributed by atoms with Gasteiger partial charge >= 0.3 is 0 Å². The first-order chi connectivity index (χ1) is 21.7. The molecule has 0 saturated carbocycles. The number of carbonyl (C=O) groups excluding carboxylic acids is 2. The van der Waals surface area contributed by atoms with Crippen molar-refractivity contribution < 1.29 is 18.4 Å². The lowest BCUT2D eigenvalue weighted by molar-refractivity contribution is -0.116. The third-order valence-corrected chi connectivity index (χ3v) is 8.06. The molecule has 0 aliphatic heterocycles. The first-order valence-corrected chi connectivity index (χ1v) is 15.8. The van der Waals surface area contributed by atoms with E-state index in [1.54, 1.807) is 43.7 Å². The summed E-state index contributed by atoms with van der Waals surface area (Å²) < 4.78 is 29.2. The van der Waals surface area contributed by atoms with Gasteiger partial charge in [-0.3, -0.25) is 9.59 Å². The van der Waals surface area contributed by atoms with Gasteiger partial charge in [-0.15, -0.1) is 11.8 Å². The monoisotopic (exact) mass is 621 g/mol. The van der Waals surface area contributed by atoms with Gasteiger partial charge in [-0.1, -0.05) is 36.4 Å². The molecule has 0 aliphatic carbocycles. The number of allylic oxidation sites excluding steroid dienone is 1. The second-order valence-electron chi connectivity index (χ2n) is 10.9. The Hall–Kier alpha value is -4.82. The van der Waals surface area contributed by atoms with Gasteiger partial charge in [0.25, 0.3) is 5.91 Å². The van der Waals surface area contributed by atoms with Crippen molar-refractivity contribution >= 4 is 40.8 Å². The highest BCUT2D eigenvalue weighted by atomic mass is 32.2. The van der Waals surface area contributed by atoms with Crippen molar-refractivity contribution in [1.82, 2.24) is 9.55 Å². The summed E-state index contributed by atoms with van der Waals surface area (Å²) in [6, 6.07) is 24.2. The molecule has 5 rings (SSSR count). The third-order valence-electron chi connectivity index (χ3n) is 7.36. The third kappa shape index (κ3) is 8.86. The van der Waals surface area contributed by atoms with E-state index >= 15 is 0 Å². The molecular formula is C37H33F2N3O2S. The summed E-state index contributed by atoms with van der Waals surface area (Å²) in [4.78, 5) is 30.8. The topological polar surface area (TPSA) is 64.0 Å². The summed E-state index contributed by atoms with van der Waals surface area (Å²) in [5, 5.41) is 3.06. The number of thioether (sulfide) groups is 1. The average molecular weight is 622 g/mol. The quantitative estimate of drug-likeness (QED) is 0.112. The molecule has 0 radical (unpaired) electrons. The number of halogens is 2. The SMILES string of the molecule is CSc1cc(CC(C)=O)cc(NC(=O)c2cc(C=C(Cn3ccnc3)c3ccc(F)cc3)ccc2CCc2ccc(F)cc2)c1. The van der Waals surface area contributed by atoms with Gasteiger partial charge in [-0.25, -0.2) is 13.8 Å². The Labute approximate surface area is 266 Å². The number of nitrogens with one attached hydrogen (secondary N) is 1. The van der Waals surface area contributed by atoms with Gasteiger partial charge < -0.3 is 9.88 Å². The minimum atomic E-state index is -0.317. The number of benzene rings is 4. The molecule has 1 amide bonds. The van der Waals surface area contributed by atoms with Crippen molar-refractivity contribution in [3.8, 4) is 0 Å². The van der Waals surface area contributed by atoms with E-state index in [2.05, 4.69) is 10.3 Å². The maximum absolute atomic E-state index is 13.9. The van der Waals surface area contributed by atoms with E-state index in [1.807, 2.05) is 59.5 Å². The van der Waals surface area contributed by atoms with Gasteiger partial charge in [0, 0.05) is 41.5 Å². The zero-order chi connectivity index (χ0) is 31.8. The molecule has 0 fully saturated rings. The summed E-state index contributed by atoms with van der Waals surface area (Å²) in [7, 11) is 0. The highest BCUT2D eigenvalue weighted by Crippen LogP contribution is 2.26. The summed E-state index contributed by atoms with van der Waals surface area (Å²) in [6.45, 7) is 2.04. The number of hydrogen-bond acceptors (Lipinski definition) is 4. The van der Waals surface area contributed by atoms with Crippen molar-refractivity contribution in [2.75, 3.05) is 11.6 Å². The van der Waals surface area contributed by atoms with Crippen LogP contribution in [0.3, 0.4) is 0 Å². The van der Waals surface area contributed by atoms with Crippen LogP contribution in [-0.4, -0.2) is 27.5 Å². The minimum absolute atomic E-state index is 0.0424. The minimum Gasteiger partial charge on any atom is -0.333 e. The lowest BCUT2D eigenvalue weighted by atomic mass is 9.95. The molecule has 5 nitrogen and oxygen atoms in total. The van der Waals surface area contributed by atoms with Crippen molar-refractivity contribution in [3.05, 3.63) is 149 Å².